The number of pyridine rings is 2. The summed E-state index contributed by atoms with van der Waals surface area (Å²) < 4.78 is 6.77. The monoisotopic (exact) mass is 380 g/mol. The Hall–Kier alpha value is -3.59. The largest absolute Gasteiger partial charge is 0.481 e. The minimum Gasteiger partial charge on any atom is -0.481 e. The van der Waals surface area contributed by atoms with E-state index in [1.807, 2.05) is 12.1 Å². The summed E-state index contributed by atoms with van der Waals surface area (Å²) in [6.07, 6.45) is 6.31. The van der Waals surface area contributed by atoms with Gasteiger partial charge < -0.3 is 4.74 Å². The molecule has 0 fully saturated rings. The van der Waals surface area contributed by atoms with E-state index < -0.39 is 0 Å². The topological polar surface area (TPSA) is 103 Å². The highest BCUT2D eigenvalue weighted by atomic mass is 35.5. The average Bonchev–Trinajstić information content (AvgIpc) is 3.13. The fourth-order valence-corrected chi connectivity index (χ4v) is 2.58. The molecule has 1 N–H and O–H groups in total. The molecule has 0 atom stereocenters. The van der Waals surface area contributed by atoms with Crippen LogP contribution in [-0.2, 0) is 0 Å². The van der Waals surface area contributed by atoms with Crippen LogP contribution in [0.1, 0.15) is 5.56 Å². The molecule has 4 rings (SSSR count). The average molecular weight is 381 g/mol. The standard InChI is InChI=1S/C17H13ClN8O/c1-27-15-4-2-3-14(24-15)26-17-12(9-23-26)16(20-10-21-17)25-22-8-11-5-6-19-13(18)7-11/h2-10H,1H3,(H,20,21,25). The highest BCUT2D eigenvalue weighted by Gasteiger charge is 2.12. The van der Waals surface area contributed by atoms with Crippen molar-refractivity contribution in [1.82, 2.24) is 29.7 Å². The van der Waals surface area contributed by atoms with Crippen molar-refractivity contribution in [2.24, 2.45) is 5.10 Å². The van der Waals surface area contributed by atoms with Crippen LogP contribution in [0.4, 0.5) is 5.82 Å². The Morgan fingerprint density at radius 2 is 2.15 bits per heavy atom. The summed E-state index contributed by atoms with van der Waals surface area (Å²) in [6.45, 7) is 0. The Bertz CT molecular complexity index is 1130. The smallest absolute Gasteiger partial charge is 0.214 e. The maximum atomic E-state index is 5.86. The Kier molecular flexibility index (Phi) is 4.58. The summed E-state index contributed by atoms with van der Waals surface area (Å²) in [4.78, 5) is 16.8. The SMILES string of the molecule is COc1cccc(-n2ncc3c(NN=Cc4ccnc(Cl)c4)ncnc32)n1. The fourth-order valence-electron chi connectivity index (χ4n) is 2.40. The maximum absolute atomic E-state index is 5.86. The van der Waals surface area contributed by atoms with Gasteiger partial charge in [0, 0.05) is 12.3 Å². The van der Waals surface area contributed by atoms with E-state index in [-0.39, 0.29) is 0 Å². The summed E-state index contributed by atoms with van der Waals surface area (Å²) in [5, 5.41) is 9.65. The number of rotatable bonds is 5. The number of methoxy groups -OCH3 is 1. The van der Waals surface area contributed by atoms with Crippen LogP contribution in [0.3, 0.4) is 0 Å². The first-order chi connectivity index (χ1) is 13.2. The lowest BCUT2D eigenvalue weighted by Crippen LogP contribution is -2.02. The lowest BCUT2D eigenvalue weighted by Gasteiger charge is -2.05. The van der Waals surface area contributed by atoms with Gasteiger partial charge in [-0.25, -0.2) is 15.0 Å². The van der Waals surface area contributed by atoms with Gasteiger partial charge >= 0.3 is 0 Å². The molecule has 0 spiro atoms. The third kappa shape index (κ3) is 3.53. The second-order valence-corrected chi connectivity index (χ2v) is 5.72. The zero-order valence-electron chi connectivity index (χ0n) is 14.1. The summed E-state index contributed by atoms with van der Waals surface area (Å²) >= 11 is 5.86. The lowest BCUT2D eigenvalue weighted by molar-refractivity contribution is 0.397. The summed E-state index contributed by atoms with van der Waals surface area (Å²) in [5.41, 5.74) is 4.30. The van der Waals surface area contributed by atoms with Crippen LogP contribution in [0.2, 0.25) is 5.15 Å². The van der Waals surface area contributed by atoms with Crippen LogP contribution in [0.15, 0.2) is 54.2 Å². The van der Waals surface area contributed by atoms with E-state index in [9.17, 15) is 0 Å². The van der Waals surface area contributed by atoms with Crippen LogP contribution in [0, 0.1) is 0 Å². The van der Waals surface area contributed by atoms with Gasteiger partial charge in [-0.2, -0.15) is 19.9 Å². The summed E-state index contributed by atoms with van der Waals surface area (Å²) in [5.74, 6) is 1.60. The first-order valence-corrected chi connectivity index (χ1v) is 8.23. The van der Waals surface area contributed by atoms with Crippen molar-refractivity contribution in [1.29, 1.82) is 0 Å². The van der Waals surface area contributed by atoms with Crippen molar-refractivity contribution in [2.75, 3.05) is 12.5 Å². The maximum Gasteiger partial charge on any atom is 0.214 e. The van der Waals surface area contributed by atoms with Gasteiger partial charge in [0.1, 0.15) is 11.5 Å². The first kappa shape index (κ1) is 16.9. The summed E-state index contributed by atoms with van der Waals surface area (Å²) in [7, 11) is 1.56. The number of hydrogen-bond acceptors (Lipinski definition) is 8. The molecule has 27 heavy (non-hydrogen) atoms. The van der Waals surface area contributed by atoms with Gasteiger partial charge in [-0.1, -0.05) is 17.7 Å². The predicted molar refractivity (Wildman–Crippen MR) is 101 cm³/mol. The van der Waals surface area contributed by atoms with Crippen LogP contribution in [-0.4, -0.2) is 43.0 Å². The van der Waals surface area contributed by atoms with Crippen molar-refractivity contribution in [3.63, 3.8) is 0 Å². The Labute approximate surface area is 158 Å². The first-order valence-electron chi connectivity index (χ1n) is 7.85. The molecule has 0 saturated heterocycles. The highest BCUT2D eigenvalue weighted by molar-refractivity contribution is 6.29. The zero-order valence-corrected chi connectivity index (χ0v) is 14.9. The molecule has 4 heterocycles. The van der Waals surface area contributed by atoms with Crippen molar-refractivity contribution >= 4 is 34.7 Å². The molecular formula is C17H13ClN8O. The summed E-state index contributed by atoms with van der Waals surface area (Å²) in [6, 6.07) is 8.90. The van der Waals surface area contributed by atoms with E-state index >= 15 is 0 Å². The number of hydrazone groups is 1. The van der Waals surface area contributed by atoms with E-state index in [2.05, 4.69) is 35.6 Å². The Balaban J connectivity index is 1.64. The molecule has 0 aliphatic rings. The van der Waals surface area contributed by atoms with Crippen molar-refractivity contribution < 1.29 is 4.74 Å². The predicted octanol–water partition coefficient (Wildman–Crippen LogP) is 2.71. The number of hydrogen-bond donors (Lipinski definition) is 1. The molecule has 0 aliphatic carbocycles. The van der Waals surface area contributed by atoms with Crippen LogP contribution in [0.25, 0.3) is 16.9 Å². The van der Waals surface area contributed by atoms with Gasteiger partial charge in [0.15, 0.2) is 17.3 Å². The molecular weight excluding hydrogens is 368 g/mol. The number of ether oxygens (including phenoxy) is 1. The Morgan fingerprint density at radius 1 is 1.22 bits per heavy atom. The molecule has 0 saturated carbocycles. The minimum atomic E-state index is 0.399. The van der Waals surface area contributed by atoms with Gasteiger partial charge in [0.25, 0.3) is 0 Å². The fraction of sp³-hybridized carbons (Fsp3) is 0.0588. The zero-order chi connectivity index (χ0) is 18.6. The van der Waals surface area contributed by atoms with Gasteiger partial charge in [-0.05, 0) is 23.8 Å². The van der Waals surface area contributed by atoms with Crippen LogP contribution in [0.5, 0.6) is 5.88 Å². The molecule has 4 aromatic rings. The second-order valence-electron chi connectivity index (χ2n) is 5.34. The van der Waals surface area contributed by atoms with E-state index in [1.165, 1.54) is 6.33 Å². The number of nitrogens with one attached hydrogen (secondary N) is 1. The van der Waals surface area contributed by atoms with Crippen molar-refractivity contribution in [3.05, 3.63) is 59.8 Å². The molecule has 10 heteroatoms. The van der Waals surface area contributed by atoms with Crippen LogP contribution < -0.4 is 10.2 Å². The molecule has 134 valence electrons. The molecule has 0 amide bonds. The number of halogens is 1. The van der Waals surface area contributed by atoms with E-state index in [4.69, 9.17) is 16.3 Å². The number of anilines is 1. The molecule has 9 nitrogen and oxygen atoms in total. The quantitative estimate of drug-likeness (QED) is 0.322. The van der Waals surface area contributed by atoms with E-state index in [0.717, 1.165) is 5.56 Å². The van der Waals surface area contributed by atoms with Crippen molar-refractivity contribution in [2.45, 2.75) is 0 Å². The molecule has 0 bridgehead atoms. The number of aromatic nitrogens is 6. The molecule has 4 aromatic heterocycles. The molecule has 0 aliphatic heterocycles. The minimum absolute atomic E-state index is 0.399. The normalized spacial score (nSPS) is 11.2. The number of nitrogens with zero attached hydrogens (tertiary/aromatic N) is 7. The Morgan fingerprint density at radius 3 is 3.00 bits per heavy atom. The molecule has 0 aromatic carbocycles. The second kappa shape index (κ2) is 7.34. The van der Waals surface area contributed by atoms with Gasteiger partial charge in [0.2, 0.25) is 5.88 Å². The van der Waals surface area contributed by atoms with Gasteiger partial charge in [-0.15, -0.1) is 0 Å². The lowest BCUT2D eigenvalue weighted by atomic mass is 10.3. The third-order valence-corrected chi connectivity index (χ3v) is 3.84. The molecule has 0 unspecified atom stereocenters. The third-order valence-electron chi connectivity index (χ3n) is 3.64. The number of fused-ring (bicyclic) bond motifs is 1. The van der Waals surface area contributed by atoms with Crippen molar-refractivity contribution in [3.8, 4) is 11.7 Å². The van der Waals surface area contributed by atoms with Crippen LogP contribution >= 0.6 is 11.6 Å². The van der Waals surface area contributed by atoms with Gasteiger partial charge in [0.05, 0.1) is 24.9 Å². The van der Waals surface area contributed by atoms with E-state index in [1.54, 1.807) is 48.6 Å². The molecule has 0 radical (unpaired) electrons. The highest BCUT2D eigenvalue weighted by Crippen LogP contribution is 2.21. The van der Waals surface area contributed by atoms with Gasteiger partial charge in [-0.3, -0.25) is 5.43 Å². The van der Waals surface area contributed by atoms with E-state index in [0.29, 0.717) is 33.7 Å².